The zero-order valence-electron chi connectivity index (χ0n) is 14.8. The summed E-state index contributed by atoms with van der Waals surface area (Å²) in [6.07, 6.45) is 3.81. The molecule has 0 spiro atoms. The maximum Gasteiger partial charge on any atom is 0.254 e. The predicted molar refractivity (Wildman–Crippen MR) is 104 cm³/mol. The average Bonchev–Trinajstić information content (AvgIpc) is 2.90. The standard InChI is InChI=1S/C21H23ClN2O2/c22-18-6-9-20-17(14-18)15-24(12-13-26-20)21(25)16-4-7-19(8-5-16)23-10-2-1-3-11-23/h4-9,14H,1-3,10-13,15H2. The van der Waals surface area contributed by atoms with Crippen LogP contribution in [-0.4, -0.2) is 37.0 Å². The number of anilines is 1. The zero-order valence-corrected chi connectivity index (χ0v) is 15.5. The van der Waals surface area contributed by atoms with Crippen LogP contribution < -0.4 is 9.64 Å². The number of benzene rings is 2. The molecule has 0 bridgehead atoms. The summed E-state index contributed by atoms with van der Waals surface area (Å²) in [5, 5.41) is 0.660. The van der Waals surface area contributed by atoms with Gasteiger partial charge in [0.15, 0.2) is 0 Å². The first-order valence-electron chi connectivity index (χ1n) is 9.26. The monoisotopic (exact) mass is 370 g/mol. The minimum atomic E-state index is 0.0339. The minimum absolute atomic E-state index is 0.0339. The van der Waals surface area contributed by atoms with E-state index in [4.69, 9.17) is 16.3 Å². The number of carbonyl (C=O) groups excluding carboxylic acids is 1. The lowest BCUT2D eigenvalue weighted by atomic mass is 10.1. The van der Waals surface area contributed by atoms with E-state index in [1.165, 1.54) is 24.9 Å². The zero-order chi connectivity index (χ0) is 17.9. The topological polar surface area (TPSA) is 32.8 Å². The summed E-state index contributed by atoms with van der Waals surface area (Å²) in [4.78, 5) is 17.2. The van der Waals surface area contributed by atoms with Gasteiger partial charge in [0.1, 0.15) is 12.4 Å². The Bertz CT molecular complexity index is 785. The maximum atomic E-state index is 13.0. The SMILES string of the molecule is O=C(c1ccc(N2CCCCC2)cc1)N1CCOc2ccc(Cl)cc2C1. The lowest BCUT2D eigenvalue weighted by Crippen LogP contribution is -2.32. The normalized spacial score (nSPS) is 17.3. The quantitative estimate of drug-likeness (QED) is 0.787. The Hall–Kier alpha value is -2.20. The molecule has 0 aliphatic carbocycles. The second-order valence-corrected chi connectivity index (χ2v) is 7.36. The van der Waals surface area contributed by atoms with Crippen LogP contribution in [0.3, 0.4) is 0 Å². The molecule has 0 radical (unpaired) electrons. The Morgan fingerprint density at radius 3 is 2.50 bits per heavy atom. The highest BCUT2D eigenvalue weighted by atomic mass is 35.5. The van der Waals surface area contributed by atoms with E-state index in [0.29, 0.717) is 24.7 Å². The number of fused-ring (bicyclic) bond motifs is 1. The molecule has 5 heteroatoms. The van der Waals surface area contributed by atoms with Crippen LogP contribution in [0.25, 0.3) is 0 Å². The van der Waals surface area contributed by atoms with Crippen molar-refractivity contribution in [3.63, 3.8) is 0 Å². The fraction of sp³-hybridized carbons (Fsp3) is 0.381. The van der Waals surface area contributed by atoms with Gasteiger partial charge in [0, 0.05) is 41.5 Å². The molecule has 0 saturated carbocycles. The molecule has 2 aromatic rings. The molecule has 136 valence electrons. The van der Waals surface area contributed by atoms with Gasteiger partial charge in [0.05, 0.1) is 6.54 Å². The Labute approximate surface area is 159 Å². The first-order chi connectivity index (χ1) is 12.7. The van der Waals surface area contributed by atoms with Gasteiger partial charge in [0.25, 0.3) is 5.91 Å². The van der Waals surface area contributed by atoms with Gasteiger partial charge in [-0.15, -0.1) is 0 Å². The smallest absolute Gasteiger partial charge is 0.254 e. The highest BCUT2D eigenvalue weighted by molar-refractivity contribution is 6.30. The van der Waals surface area contributed by atoms with E-state index in [1.54, 1.807) is 0 Å². The van der Waals surface area contributed by atoms with Crippen LogP contribution >= 0.6 is 11.6 Å². The number of hydrogen-bond donors (Lipinski definition) is 0. The van der Waals surface area contributed by atoms with Crippen molar-refractivity contribution in [3.8, 4) is 5.75 Å². The van der Waals surface area contributed by atoms with Crippen LogP contribution in [0.4, 0.5) is 5.69 Å². The molecule has 2 heterocycles. The molecule has 0 N–H and O–H groups in total. The summed E-state index contributed by atoms with van der Waals surface area (Å²) in [5.74, 6) is 0.844. The fourth-order valence-electron chi connectivity index (χ4n) is 3.69. The van der Waals surface area contributed by atoms with E-state index in [9.17, 15) is 4.79 Å². The number of piperidine rings is 1. The lowest BCUT2D eigenvalue weighted by Gasteiger charge is -2.29. The summed E-state index contributed by atoms with van der Waals surface area (Å²) >= 11 is 6.10. The number of rotatable bonds is 2. The molecule has 4 nitrogen and oxygen atoms in total. The molecule has 0 atom stereocenters. The molecular formula is C21H23ClN2O2. The third kappa shape index (κ3) is 3.65. The van der Waals surface area contributed by atoms with Crippen LogP contribution in [0.5, 0.6) is 5.75 Å². The van der Waals surface area contributed by atoms with Crippen LogP contribution in [0.1, 0.15) is 35.2 Å². The molecule has 2 aliphatic rings. The number of nitrogens with zero attached hydrogens (tertiary/aromatic N) is 2. The number of carbonyl (C=O) groups is 1. The van der Waals surface area contributed by atoms with Crippen molar-refractivity contribution in [2.24, 2.45) is 0 Å². The molecule has 1 fully saturated rings. The largest absolute Gasteiger partial charge is 0.491 e. The Morgan fingerprint density at radius 1 is 0.962 bits per heavy atom. The van der Waals surface area contributed by atoms with Gasteiger partial charge in [0.2, 0.25) is 0 Å². The Kier molecular flexibility index (Phi) is 5.02. The van der Waals surface area contributed by atoms with E-state index in [-0.39, 0.29) is 5.91 Å². The van der Waals surface area contributed by atoms with E-state index < -0.39 is 0 Å². The van der Waals surface area contributed by atoms with Gasteiger partial charge in [-0.1, -0.05) is 11.6 Å². The Balaban J connectivity index is 1.50. The first kappa shape index (κ1) is 17.2. The summed E-state index contributed by atoms with van der Waals surface area (Å²) in [6, 6.07) is 13.6. The summed E-state index contributed by atoms with van der Waals surface area (Å²) in [5.41, 5.74) is 2.88. The van der Waals surface area contributed by atoms with Crippen molar-refractivity contribution in [1.82, 2.24) is 4.90 Å². The van der Waals surface area contributed by atoms with E-state index in [0.717, 1.165) is 30.0 Å². The second kappa shape index (κ2) is 7.58. The summed E-state index contributed by atoms with van der Waals surface area (Å²) in [7, 11) is 0. The number of hydrogen-bond acceptors (Lipinski definition) is 3. The van der Waals surface area contributed by atoms with Crippen molar-refractivity contribution in [1.29, 1.82) is 0 Å². The molecule has 0 unspecified atom stereocenters. The second-order valence-electron chi connectivity index (χ2n) is 6.92. The van der Waals surface area contributed by atoms with Gasteiger partial charge < -0.3 is 14.5 Å². The van der Waals surface area contributed by atoms with Crippen molar-refractivity contribution in [2.45, 2.75) is 25.8 Å². The third-order valence-electron chi connectivity index (χ3n) is 5.13. The molecule has 4 rings (SSSR count). The third-order valence-corrected chi connectivity index (χ3v) is 5.36. The molecule has 1 saturated heterocycles. The van der Waals surface area contributed by atoms with Gasteiger partial charge >= 0.3 is 0 Å². The van der Waals surface area contributed by atoms with Gasteiger partial charge in [-0.05, 0) is 61.7 Å². The van der Waals surface area contributed by atoms with Crippen LogP contribution in [0.2, 0.25) is 5.02 Å². The van der Waals surface area contributed by atoms with Crippen LogP contribution in [0, 0.1) is 0 Å². The Morgan fingerprint density at radius 2 is 1.73 bits per heavy atom. The summed E-state index contributed by atoms with van der Waals surface area (Å²) < 4.78 is 5.76. The average molecular weight is 371 g/mol. The maximum absolute atomic E-state index is 13.0. The van der Waals surface area contributed by atoms with Crippen LogP contribution in [0.15, 0.2) is 42.5 Å². The fourth-order valence-corrected chi connectivity index (χ4v) is 3.88. The van der Waals surface area contributed by atoms with Crippen molar-refractivity contribution < 1.29 is 9.53 Å². The van der Waals surface area contributed by atoms with Crippen LogP contribution in [-0.2, 0) is 6.54 Å². The molecular weight excluding hydrogens is 348 g/mol. The number of ether oxygens (including phenoxy) is 1. The van der Waals surface area contributed by atoms with Gasteiger partial charge in [-0.3, -0.25) is 4.79 Å². The van der Waals surface area contributed by atoms with Crippen molar-refractivity contribution in [2.75, 3.05) is 31.1 Å². The highest BCUT2D eigenvalue weighted by Crippen LogP contribution is 2.27. The molecule has 1 amide bonds. The first-order valence-corrected chi connectivity index (χ1v) is 9.64. The highest BCUT2D eigenvalue weighted by Gasteiger charge is 2.21. The molecule has 2 aliphatic heterocycles. The van der Waals surface area contributed by atoms with Crippen molar-refractivity contribution in [3.05, 3.63) is 58.6 Å². The minimum Gasteiger partial charge on any atom is -0.491 e. The van der Waals surface area contributed by atoms with Crippen molar-refractivity contribution >= 4 is 23.2 Å². The number of halogens is 1. The van der Waals surface area contributed by atoms with E-state index in [1.807, 2.05) is 35.2 Å². The lowest BCUT2D eigenvalue weighted by molar-refractivity contribution is 0.0733. The van der Waals surface area contributed by atoms with E-state index >= 15 is 0 Å². The van der Waals surface area contributed by atoms with Gasteiger partial charge in [-0.2, -0.15) is 0 Å². The molecule has 26 heavy (non-hydrogen) atoms. The predicted octanol–water partition coefficient (Wildman–Crippen LogP) is 4.37. The summed E-state index contributed by atoms with van der Waals surface area (Å²) in [6.45, 7) is 3.79. The van der Waals surface area contributed by atoms with E-state index in [2.05, 4.69) is 17.0 Å². The molecule has 2 aromatic carbocycles. The molecule has 0 aromatic heterocycles. The van der Waals surface area contributed by atoms with Gasteiger partial charge in [-0.25, -0.2) is 0 Å². The number of amides is 1.